The average Bonchev–Trinajstić information content (AvgIpc) is 2.51. The standard InChI is InChI=1S/C12H21NO3/c1-8(2)5-6-13-9(3)10(7-11(13)14)12(15)16-4/h8-10H,5-7H2,1-4H3. The number of hydrogen-bond acceptors (Lipinski definition) is 3. The zero-order valence-electron chi connectivity index (χ0n) is 10.5. The summed E-state index contributed by atoms with van der Waals surface area (Å²) in [6.45, 7) is 6.92. The van der Waals surface area contributed by atoms with E-state index in [0.717, 1.165) is 13.0 Å². The van der Waals surface area contributed by atoms with E-state index in [-0.39, 0.29) is 23.8 Å². The summed E-state index contributed by atoms with van der Waals surface area (Å²) >= 11 is 0. The summed E-state index contributed by atoms with van der Waals surface area (Å²) in [6, 6.07) is -0.0290. The third-order valence-corrected chi connectivity index (χ3v) is 3.24. The summed E-state index contributed by atoms with van der Waals surface area (Å²) in [5.41, 5.74) is 0. The topological polar surface area (TPSA) is 46.6 Å². The number of likely N-dealkylation sites (tertiary alicyclic amines) is 1. The van der Waals surface area contributed by atoms with E-state index in [1.54, 1.807) is 0 Å². The molecule has 0 bridgehead atoms. The maximum absolute atomic E-state index is 11.7. The number of carbonyl (C=O) groups is 2. The highest BCUT2D eigenvalue weighted by atomic mass is 16.5. The fraction of sp³-hybridized carbons (Fsp3) is 0.833. The Morgan fingerprint density at radius 1 is 1.56 bits per heavy atom. The van der Waals surface area contributed by atoms with Gasteiger partial charge in [-0.25, -0.2) is 0 Å². The molecule has 0 spiro atoms. The van der Waals surface area contributed by atoms with Crippen LogP contribution in [0.4, 0.5) is 0 Å². The van der Waals surface area contributed by atoms with Crippen LogP contribution in [-0.4, -0.2) is 36.5 Å². The molecule has 0 N–H and O–H groups in total. The highest BCUT2D eigenvalue weighted by Gasteiger charge is 2.41. The van der Waals surface area contributed by atoms with Crippen LogP contribution in [0, 0.1) is 11.8 Å². The van der Waals surface area contributed by atoms with E-state index in [2.05, 4.69) is 13.8 Å². The number of esters is 1. The first kappa shape index (κ1) is 13.0. The van der Waals surface area contributed by atoms with E-state index in [9.17, 15) is 9.59 Å². The number of ether oxygens (including phenoxy) is 1. The Bertz CT molecular complexity index is 275. The molecule has 0 aromatic heterocycles. The first-order valence-corrected chi connectivity index (χ1v) is 5.84. The molecule has 2 unspecified atom stereocenters. The molecule has 1 saturated heterocycles. The largest absolute Gasteiger partial charge is 0.469 e. The fourth-order valence-corrected chi connectivity index (χ4v) is 2.08. The summed E-state index contributed by atoms with van der Waals surface area (Å²) < 4.78 is 4.71. The number of hydrogen-bond donors (Lipinski definition) is 0. The van der Waals surface area contributed by atoms with Gasteiger partial charge in [0, 0.05) is 19.0 Å². The Hall–Kier alpha value is -1.06. The van der Waals surface area contributed by atoms with Gasteiger partial charge < -0.3 is 9.64 Å². The summed E-state index contributed by atoms with van der Waals surface area (Å²) in [7, 11) is 1.37. The minimum absolute atomic E-state index is 0.0290. The molecule has 0 radical (unpaired) electrons. The van der Waals surface area contributed by atoms with Crippen LogP contribution < -0.4 is 0 Å². The van der Waals surface area contributed by atoms with Gasteiger partial charge in [-0.2, -0.15) is 0 Å². The van der Waals surface area contributed by atoms with Crippen molar-refractivity contribution in [1.29, 1.82) is 0 Å². The molecule has 1 heterocycles. The minimum Gasteiger partial charge on any atom is -0.469 e. The van der Waals surface area contributed by atoms with Gasteiger partial charge in [0.25, 0.3) is 0 Å². The average molecular weight is 227 g/mol. The van der Waals surface area contributed by atoms with Gasteiger partial charge in [0.05, 0.1) is 13.0 Å². The van der Waals surface area contributed by atoms with Crippen molar-refractivity contribution in [3.8, 4) is 0 Å². The molecule has 92 valence electrons. The smallest absolute Gasteiger partial charge is 0.311 e. The summed E-state index contributed by atoms with van der Waals surface area (Å²) in [4.78, 5) is 25.0. The van der Waals surface area contributed by atoms with Crippen LogP contribution in [0.25, 0.3) is 0 Å². The van der Waals surface area contributed by atoms with Crippen molar-refractivity contribution in [2.75, 3.05) is 13.7 Å². The maximum atomic E-state index is 11.7. The first-order valence-electron chi connectivity index (χ1n) is 5.84. The van der Waals surface area contributed by atoms with Gasteiger partial charge in [0.2, 0.25) is 5.91 Å². The van der Waals surface area contributed by atoms with Crippen molar-refractivity contribution in [2.24, 2.45) is 11.8 Å². The molecule has 4 heteroatoms. The predicted octanol–water partition coefficient (Wildman–Crippen LogP) is 1.44. The van der Waals surface area contributed by atoms with Gasteiger partial charge in [-0.05, 0) is 19.3 Å². The lowest BCUT2D eigenvalue weighted by molar-refractivity contribution is -0.146. The molecule has 0 saturated carbocycles. The molecule has 16 heavy (non-hydrogen) atoms. The van der Waals surface area contributed by atoms with E-state index in [1.807, 2.05) is 11.8 Å². The third kappa shape index (κ3) is 2.74. The summed E-state index contributed by atoms with van der Waals surface area (Å²) in [5.74, 6) is 0.0817. The van der Waals surface area contributed by atoms with Gasteiger partial charge in [0.15, 0.2) is 0 Å². The van der Waals surface area contributed by atoms with Crippen molar-refractivity contribution in [3.05, 3.63) is 0 Å². The van der Waals surface area contributed by atoms with Crippen molar-refractivity contribution < 1.29 is 14.3 Å². The number of nitrogens with zero attached hydrogens (tertiary/aromatic N) is 1. The van der Waals surface area contributed by atoms with E-state index in [4.69, 9.17) is 4.74 Å². The van der Waals surface area contributed by atoms with Crippen molar-refractivity contribution in [2.45, 2.75) is 39.7 Å². The zero-order valence-corrected chi connectivity index (χ0v) is 10.5. The Kier molecular flexibility index (Phi) is 4.33. The lowest BCUT2D eigenvalue weighted by Crippen LogP contribution is -2.36. The lowest BCUT2D eigenvalue weighted by atomic mass is 10.0. The second kappa shape index (κ2) is 5.32. The Morgan fingerprint density at radius 3 is 2.69 bits per heavy atom. The first-order chi connectivity index (χ1) is 7.47. The van der Waals surface area contributed by atoms with Crippen molar-refractivity contribution in [1.82, 2.24) is 4.90 Å². The number of methoxy groups -OCH3 is 1. The second-order valence-electron chi connectivity index (χ2n) is 4.84. The molecular formula is C12H21NO3. The van der Waals surface area contributed by atoms with Gasteiger partial charge >= 0.3 is 5.97 Å². The maximum Gasteiger partial charge on any atom is 0.311 e. The van der Waals surface area contributed by atoms with Crippen LogP contribution >= 0.6 is 0 Å². The number of rotatable bonds is 4. The molecule has 1 fully saturated rings. The molecule has 4 nitrogen and oxygen atoms in total. The number of carbonyl (C=O) groups excluding carboxylic acids is 2. The molecular weight excluding hydrogens is 206 g/mol. The Labute approximate surface area is 96.9 Å². The zero-order chi connectivity index (χ0) is 12.3. The van der Waals surface area contributed by atoms with Crippen LogP contribution in [0.3, 0.4) is 0 Å². The van der Waals surface area contributed by atoms with Crippen LogP contribution in [-0.2, 0) is 14.3 Å². The van der Waals surface area contributed by atoms with E-state index < -0.39 is 0 Å². The Morgan fingerprint density at radius 2 is 2.19 bits per heavy atom. The molecule has 1 rings (SSSR count). The number of amides is 1. The van der Waals surface area contributed by atoms with Crippen molar-refractivity contribution in [3.63, 3.8) is 0 Å². The van der Waals surface area contributed by atoms with Crippen LogP contribution in [0.15, 0.2) is 0 Å². The SMILES string of the molecule is COC(=O)C1CC(=O)N(CCC(C)C)C1C. The van der Waals surface area contributed by atoms with Crippen molar-refractivity contribution >= 4 is 11.9 Å². The van der Waals surface area contributed by atoms with Gasteiger partial charge in [-0.3, -0.25) is 9.59 Å². The molecule has 2 atom stereocenters. The summed E-state index contributed by atoms with van der Waals surface area (Å²) in [5, 5.41) is 0. The lowest BCUT2D eigenvalue weighted by Gasteiger charge is -2.24. The van der Waals surface area contributed by atoms with Crippen LogP contribution in [0.1, 0.15) is 33.6 Å². The third-order valence-electron chi connectivity index (χ3n) is 3.24. The normalized spacial score (nSPS) is 25.3. The highest BCUT2D eigenvalue weighted by molar-refractivity contribution is 5.87. The predicted molar refractivity (Wildman–Crippen MR) is 60.8 cm³/mol. The van der Waals surface area contributed by atoms with Gasteiger partial charge in [-0.15, -0.1) is 0 Å². The van der Waals surface area contributed by atoms with Crippen LogP contribution in [0.5, 0.6) is 0 Å². The molecule has 0 aliphatic carbocycles. The molecule has 1 amide bonds. The molecule has 0 aromatic carbocycles. The molecule has 1 aliphatic rings. The fourth-order valence-electron chi connectivity index (χ4n) is 2.08. The molecule has 0 aromatic rings. The van der Waals surface area contributed by atoms with Crippen LogP contribution in [0.2, 0.25) is 0 Å². The van der Waals surface area contributed by atoms with Gasteiger partial charge in [0.1, 0.15) is 0 Å². The second-order valence-corrected chi connectivity index (χ2v) is 4.84. The van der Waals surface area contributed by atoms with E-state index in [0.29, 0.717) is 12.3 Å². The minimum atomic E-state index is -0.287. The Balaban J connectivity index is 2.60. The monoisotopic (exact) mass is 227 g/mol. The quantitative estimate of drug-likeness (QED) is 0.683. The highest BCUT2D eigenvalue weighted by Crippen LogP contribution is 2.26. The summed E-state index contributed by atoms with van der Waals surface area (Å²) in [6.07, 6.45) is 1.27. The van der Waals surface area contributed by atoms with E-state index in [1.165, 1.54) is 7.11 Å². The van der Waals surface area contributed by atoms with E-state index >= 15 is 0 Å². The molecule has 1 aliphatic heterocycles. The van der Waals surface area contributed by atoms with Gasteiger partial charge in [-0.1, -0.05) is 13.8 Å².